The second kappa shape index (κ2) is 4.48. The average molecular weight is 247 g/mol. The largest absolute Gasteiger partial charge is 0.310 e. The smallest absolute Gasteiger partial charge is 0.183 e. The number of nitrogens with zero attached hydrogens (tertiary/aromatic N) is 1. The van der Waals surface area contributed by atoms with Crippen molar-refractivity contribution in [2.24, 2.45) is 0 Å². The molecular formula is C8H11BrN2S. The van der Waals surface area contributed by atoms with Crippen molar-refractivity contribution in [3.8, 4) is 12.3 Å². The summed E-state index contributed by atoms with van der Waals surface area (Å²) in [5.74, 6) is 2.53. The molecule has 1 N–H and O–H groups in total. The monoisotopic (exact) mass is 246 g/mol. The summed E-state index contributed by atoms with van der Waals surface area (Å²) in [7, 11) is 0. The Morgan fingerprint density at radius 3 is 2.50 bits per heavy atom. The molecule has 0 bridgehead atoms. The van der Waals surface area contributed by atoms with Crippen molar-refractivity contribution in [3.05, 3.63) is 15.4 Å². The van der Waals surface area contributed by atoms with E-state index in [-0.39, 0.29) is 17.0 Å². The van der Waals surface area contributed by atoms with Gasteiger partial charge in [0, 0.05) is 10.6 Å². The first-order chi connectivity index (χ1) is 5.16. The Labute approximate surface area is 86.5 Å². The third kappa shape index (κ3) is 1.99. The minimum Gasteiger partial charge on any atom is -0.310 e. The van der Waals surface area contributed by atoms with Gasteiger partial charge < -0.3 is 4.57 Å². The topological polar surface area (TPSA) is 28.8 Å². The lowest BCUT2D eigenvalue weighted by molar-refractivity contribution is 0.762. The van der Waals surface area contributed by atoms with E-state index in [0.29, 0.717) is 11.3 Å². The summed E-state index contributed by atoms with van der Waals surface area (Å²) in [5.41, 5.74) is 1.11. The van der Waals surface area contributed by atoms with E-state index >= 15 is 0 Å². The molecule has 0 aliphatic rings. The van der Waals surface area contributed by atoms with E-state index in [2.05, 4.69) is 5.92 Å². The van der Waals surface area contributed by atoms with Crippen molar-refractivity contribution in [1.29, 1.82) is 5.41 Å². The van der Waals surface area contributed by atoms with Crippen LogP contribution in [0.15, 0.2) is 0 Å². The van der Waals surface area contributed by atoms with Crippen molar-refractivity contribution in [2.45, 2.75) is 20.4 Å². The second-order valence-corrected chi connectivity index (χ2v) is 3.54. The summed E-state index contributed by atoms with van der Waals surface area (Å²) >= 11 is 1.47. The SMILES string of the molecule is Br.C#CCn1c(C)c(C)sc1=N. The molecule has 1 heterocycles. The van der Waals surface area contributed by atoms with Gasteiger partial charge in [0.1, 0.15) is 0 Å². The predicted octanol–water partition coefficient (Wildman–Crippen LogP) is 1.86. The zero-order valence-electron chi connectivity index (χ0n) is 7.05. The van der Waals surface area contributed by atoms with Gasteiger partial charge in [-0.2, -0.15) is 0 Å². The summed E-state index contributed by atoms with van der Waals surface area (Å²) < 4.78 is 1.83. The number of rotatable bonds is 1. The van der Waals surface area contributed by atoms with Crippen LogP contribution in [0.25, 0.3) is 0 Å². The third-order valence-corrected chi connectivity index (χ3v) is 2.67. The molecule has 0 aliphatic heterocycles. The first-order valence-electron chi connectivity index (χ1n) is 3.31. The molecule has 0 unspecified atom stereocenters. The van der Waals surface area contributed by atoms with Crippen LogP contribution in [0.2, 0.25) is 0 Å². The first kappa shape index (κ1) is 11.5. The average Bonchev–Trinajstić information content (AvgIpc) is 2.17. The normalized spacial score (nSPS) is 8.75. The summed E-state index contributed by atoms with van der Waals surface area (Å²) in [4.78, 5) is 1.71. The molecule has 1 aromatic heterocycles. The molecule has 0 aromatic carbocycles. The Bertz CT molecular complexity index is 356. The molecule has 12 heavy (non-hydrogen) atoms. The molecule has 0 amide bonds. The fraction of sp³-hybridized carbons (Fsp3) is 0.375. The Morgan fingerprint density at radius 2 is 2.17 bits per heavy atom. The minimum absolute atomic E-state index is 0. The number of aryl methyl sites for hydroxylation is 1. The lowest BCUT2D eigenvalue weighted by atomic mass is 10.4. The van der Waals surface area contributed by atoms with Crippen LogP contribution in [0.5, 0.6) is 0 Å². The fourth-order valence-electron chi connectivity index (χ4n) is 0.898. The summed E-state index contributed by atoms with van der Waals surface area (Å²) in [5, 5.41) is 7.52. The zero-order valence-corrected chi connectivity index (χ0v) is 9.58. The molecule has 0 saturated carbocycles. The molecule has 1 rings (SSSR count). The molecule has 1 aromatic rings. The van der Waals surface area contributed by atoms with Crippen molar-refractivity contribution in [3.63, 3.8) is 0 Å². The predicted molar refractivity (Wildman–Crippen MR) is 56.8 cm³/mol. The van der Waals surface area contributed by atoms with E-state index in [0.717, 1.165) is 5.69 Å². The van der Waals surface area contributed by atoms with Crippen LogP contribution in [0.3, 0.4) is 0 Å². The maximum absolute atomic E-state index is 7.52. The molecule has 0 atom stereocenters. The number of thiazole rings is 1. The van der Waals surface area contributed by atoms with Gasteiger partial charge in [-0.3, -0.25) is 5.41 Å². The first-order valence-corrected chi connectivity index (χ1v) is 4.13. The highest BCUT2D eigenvalue weighted by atomic mass is 79.9. The van der Waals surface area contributed by atoms with Gasteiger partial charge in [0.2, 0.25) is 0 Å². The Balaban J connectivity index is 0.00000121. The number of hydrogen-bond donors (Lipinski definition) is 1. The van der Waals surface area contributed by atoms with Crippen LogP contribution in [-0.2, 0) is 6.54 Å². The van der Waals surface area contributed by atoms with E-state index in [1.54, 1.807) is 0 Å². The Kier molecular flexibility index (Phi) is 4.29. The summed E-state index contributed by atoms with van der Waals surface area (Å²) in [6.45, 7) is 4.50. The van der Waals surface area contributed by atoms with E-state index in [9.17, 15) is 0 Å². The minimum atomic E-state index is 0. The number of halogens is 1. The number of terminal acetylenes is 1. The lowest BCUT2D eigenvalue weighted by Gasteiger charge is -1.98. The van der Waals surface area contributed by atoms with Crippen LogP contribution < -0.4 is 4.80 Å². The standard InChI is InChI=1S/C8H10N2S.BrH/c1-4-5-10-6(2)7(3)11-8(10)9;/h1,9H,5H2,2-3H3;1H. The number of nitrogens with one attached hydrogen (secondary N) is 1. The van der Waals surface area contributed by atoms with Gasteiger partial charge in [0.05, 0.1) is 6.54 Å². The van der Waals surface area contributed by atoms with E-state index in [1.807, 2.05) is 18.4 Å². The van der Waals surface area contributed by atoms with Gasteiger partial charge in [-0.05, 0) is 13.8 Å². The summed E-state index contributed by atoms with van der Waals surface area (Å²) in [6.07, 6.45) is 5.16. The van der Waals surface area contributed by atoms with E-state index in [4.69, 9.17) is 11.8 Å². The van der Waals surface area contributed by atoms with Crippen molar-refractivity contribution in [1.82, 2.24) is 4.57 Å². The molecule has 66 valence electrons. The highest BCUT2D eigenvalue weighted by molar-refractivity contribution is 8.93. The highest BCUT2D eigenvalue weighted by Gasteiger charge is 2.01. The molecule has 4 heteroatoms. The highest BCUT2D eigenvalue weighted by Crippen LogP contribution is 2.08. The van der Waals surface area contributed by atoms with Crippen LogP contribution in [0, 0.1) is 31.6 Å². The van der Waals surface area contributed by atoms with Crippen molar-refractivity contribution in [2.75, 3.05) is 0 Å². The molecule has 0 spiro atoms. The van der Waals surface area contributed by atoms with Gasteiger partial charge in [-0.1, -0.05) is 5.92 Å². The van der Waals surface area contributed by atoms with Gasteiger partial charge in [0.15, 0.2) is 4.80 Å². The zero-order chi connectivity index (χ0) is 8.43. The second-order valence-electron chi connectivity index (χ2n) is 2.34. The number of hydrogen-bond acceptors (Lipinski definition) is 2. The molecular weight excluding hydrogens is 236 g/mol. The molecule has 0 radical (unpaired) electrons. The van der Waals surface area contributed by atoms with Gasteiger partial charge in [0.25, 0.3) is 0 Å². The molecule has 2 nitrogen and oxygen atoms in total. The third-order valence-electron chi connectivity index (χ3n) is 1.66. The van der Waals surface area contributed by atoms with Gasteiger partial charge in [-0.15, -0.1) is 34.7 Å². The maximum atomic E-state index is 7.52. The molecule has 0 fully saturated rings. The van der Waals surface area contributed by atoms with Crippen LogP contribution in [0.4, 0.5) is 0 Å². The van der Waals surface area contributed by atoms with Crippen LogP contribution in [0.1, 0.15) is 10.6 Å². The molecule has 0 saturated heterocycles. The van der Waals surface area contributed by atoms with Crippen molar-refractivity contribution >= 4 is 28.3 Å². The lowest BCUT2D eigenvalue weighted by Crippen LogP contribution is -2.13. The fourth-order valence-corrected chi connectivity index (χ4v) is 1.76. The Hall–Kier alpha value is -0.530. The van der Waals surface area contributed by atoms with Crippen molar-refractivity contribution < 1.29 is 0 Å². The number of aromatic nitrogens is 1. The van der Waals surface area contributed by atoms with E-state index < -0.39 is 0 Å². The van der Waals surface area contributed by atoms with Gasteiger partial charge in [-0.25, -0.2) is 0 Å². The van der Waals surface area contributed by atoms with Crippen LogP contribution in [-0.4, -0.2) is 4.57 Å². The summed E-state index contributed by atoms with van der Waals surface area (Å²) in [6, 6.07) is 0. The Morgan fingerprint density at radius 1 is 1.58 bits per heavy atom. The van der Waals surface area contributed by atoms with E-state index in [1.165, 1.54) is 16.2 Å². The van der Waals surface area contributed by atoms with Crippen LogP contribution >= 0.6 is 28.3 Å². The maximum Gasteiger partial charge on any atom is 0.183 e. The quantitative estimate of drug-likeness (QED) is 0.734. The van der Waals surface area contributed by atoms with Gasteiger partial charge >= 0.3 is 0 Å². The molecule has 0 aliphatic carbocycles.